The van der Waals surface area contributed by atoms with E-state index in [0.717, 1.165) is 20.8 Å². The minimum Gasteiger partial charge on any atom is -0.388 e. The number of benzene rings is 1. The Kier molecular flexibility index (Phi) is 5.83. The van der Waals surface area contributed by atoms with Crippen molar-refractivity contribution in [2.45, 2.75) is 51.6 Å². The Balaban J connectivity index is 4.43. The number of hydrogen-bond donors (Lipinski definition) is 1. The van der Waals surface area contributed by atoms with Crippen LogP contribution in [-0.2, 0) is 24.7 Å². The van der Waals surface area contributed by atoms with Gasteiger partial charge in [0, 0.05) is 5.56 Å². The highest BCUT2D eigenvalue weighted by Gasteiger charge is 2.55. The van der Waals surface area contributed by atoms with Crippen molar-refractivity contribution in [3.8, 4) is 0 Å². The lowest BCUT2D eigenvalue weighted by molar-refractivity contribution is -0.173. The summed E-state index contributed by atoms with van der Waals surface area (Å²) >= 11 is 0. The summed E-state index contributed by atoms with van der Waals surface area (Å²) in [5.74, 6) is 0. The van der Waals surface area contributed by atoms with E-state index in [1.54, 1.807) is 0 Å². The SMILES string of the molecule is CC(C)(C)C(O)c1c(C(F)(F)F)c(C(F)(F)F)cc(C(F)(F)F)c1C(F)(F)F. The molecular weight excluding hydrogens is 424 g/mol. The lowest BCUT2D eigenvalue weighted by Crippen LogP contribution is -2.31. The van der Waals surface area contributed by atoms with E-state index in [2.05, 4.69) is 0 Å². The molecule has 13 heteroatoms. The zero-order chi connectivity index (χ0) is 22.7. The van der Waals surface area contributed by atoms with Crippen molar-refractivity contribution in [2.75, 3.05) is 0 Å². The summed E-state index contributed by atoms with van der Waals surface area (Å²) in [6, 6.07) is -1.23. The molecule has 0 saturated heterocycles. The van der Waals surface area contributed by atoms with Gasteiger partial charge < -0.3 is 5.11 Å². The average molecular weight is 436 g/mol. The van der Waals surface area contributed by atoms with Crippen LogP contribution in [0.5, 0.6) is 0 Å². The highest BCUT2D eigenvalue weighted by Crippen LogP contribution is 2.54. The van der Waals surface area contributed by atoms with E-state index in [1.807, 2.05) is 0 Å². The minimum absolute atomic E-state index is 0.853. The molecule has 0 amide bonds. The van der Waals surface area contributed by atoms with Crippen LogP contribution in [0.2, 0.25) is 0 Å². The van der Waals surface area contributed by atoms with Crippen LogP contribution in [0.15, 0.2) is 6.07 Å². The molecule has 0 aliphatic heterocycles. The third kappa shape index (κ3) is 4.84. The van der Waals surface area contributed by atoms with Crippen LogP contribution in [0.1, 0.15) is 54.7 Å². The van der Waals surface area contributed by atoms with Crippen molar-refractivity contribution in [1.29, 1.82) is 0 Å². The fourth-order valence-electron chi connectivity index (χ4n) is 2.47. The van der Waals surface area contributed by atoms with Gasteiger partial charge in [-0.2, -0.15) is 52.7 Å². The predicted octanol–water partition coefficient (Wildman–Crippen LogP) is 6.84. The Morgan fingerprint density at radius 2 is 0.893 bits per heavy atom. The highest BCUT2D eigenvalue weighted by molar-refractivity contribution is 5.52. The van der Waals surface area contributed by atoms with Gasteiger partial charge in [-0.25, -0.2) is 0 Å². The number of hydrogen-bond acceptors (Lipinski definition) is 1. The predicted molar refractivity (Wildman–Crippen MR) is 70.9 cm³/mol. The smallest absolute Gasteiger partial charge is 0.388 e. The number of alkyl halides is 12. The molecule has 1 rings (SSSR count). The van der Waals surface area contributed by atoms with Gasteiger partial charge in [0.1, 0.15) is 0 Å². The molecule has 1 aromatic carbocycles. The minimum atomic E-state index is -6.14. The maximum atomic E-state index is 13.3. The van der Waals surface area contributed by atoms with Gasteiger partial charge in [-0.05, 0) is 11.5 Å². The molecule has 1 unspecified atom stereocenters. The molecule has 0 aliphatic rings. The quantitative estimate of drug-likeness (QED) is 0.478. The van der Waals surface area contributed by atoms with E-state index in [1.165, 1.54) is 0 Å². The summed E-state index contributed by atoms with van der Waals surface area (Å²) < 4.78 is 158. The second-order valence-electron chi connectivity index (χ2n) is 6.89. The number of aliphatic hydroxyl groups excluding tert-OH is 1. The lowest BCUT2D eigenvalue weighted by Gasteiger charge is -2.33. The molecule has 162 valence electrons. The van der Waals surface area contributed by atoms with E-state index >= 15 is 0 Å². The number of halogens is 12. The van der Waals surface area contributed by atoms with Crippen molar-refractivity contribution in [2.24, 2.45) is 5.41 Å². The molecule has 1 N–H and O–H groups in total. The van der Waals surface area contributed by atoms with Gasteiger partial charge in [-0.3, -0.25) is 0 Å². The van der Waals surface area contributed by atoms with Gasteiger partial charge in [0.15, 0.2) is 0 Å². The molecule has 0 heterocycles. The first-order chi connectivity index (χ1) is 12.0. The van der Waals surface area contributed by atoms with Crippen LogP contribution in [-0.4, -0.2) is 5.11 Å². The van der Waals surface area contributed by atoms with Crippen LogP contribution in [0.3, 0.4) is 0 Å². The monoisotopic (exact) mass is 436 g/mol. The molecular formula is C15H12F12O. The molecule has 0 aromatic heterocycles. The zero-order valence-electron chi connectivity index (χ0n) is 14.1. The summed E-state index contributed by atoms with van der Waals surface area (Å²) in [6.07, 6.45) is -27.4. The Morgan fingerprint density at radius 3 is 1.07 bits per heavy atom. The highest BCUT2D eigenvalue weighted by atomic mass is 19.4. The summed E-state index contributed by atoms with van der Waals surface area (Å²) in [5.41, 5.74) is -16.5. The summed E-state index contributed by atoms with van der Waals surface area (Å²) in [4.78, 5) is 0. The van der Waals surface area contributed by atoms with E-state index in [0.29, 0.717) is 0 Å². The van der Waals surface area contributed by atoms with E-state index in [-0.39, 0.29) is 0 Å². The largest absolute Gasteiger partial charge is 0.417 e. The zero-order valence-corrected chi connectivity index (χ0v) is 14.1. The van der Waals surface area contributed by atoms with Gasteiger partial charge in [-0.1, -0.05) is 20.8 Å². The maximum Gasteiger partial charge on any atom is 0.417 e. The number of aliphatic hydroxyl groups is 1. The average Bonchev–Trinajstić information content (AvgIpc) is 2.38. The van der Waals surface area contributed by atoms with Crippen LogP contribution in [0.4, 0.5) is 52.7 Å². The van der Waals surface area contributed by atoms with Crippen LogP contribution in [0.25, 0.3) is 0 Å². The van der Waals surface area contributed by atoms with Crippen molar-refractivity contribution in [3.05, 3.63) is 33.9 Å². The third-order valence-electron chi connectivity index (χ3n) is 3.64. The lowest BCUT2D eigenvalue weighted by atomic mass is 9.78. The van der Waals surface area contributed by atoms with Crippen molar-refractivity contribution in [1.82, 2.24) is 0 Å². The first-order valence-corrected chi connectivity index (χ1v) is 7.18. The van der Waals surface area contributed by atoms with E-state index in [4.69, 9.17) is 0 Å². The Bertz CT molecular complexity index is 678. The maximum absolute atomic E-state index is 13.3. The van der Waals surface area contributed by atoms with Gasteiger partial charge >= 0.3 is 24.7 Å². The molecule has 28 heavy (non-hydrogen) atoms. The summed E-state index contributed by atoms with van der Waals surface area (Å²) in [7, 11) is 0. The molecule has 0 aliphatic carbocycles. The molecule has 0 bridgehead atoms. The Labute approximate surface area is 149 Å². The van der Waals surface area contributed by atoms with Gasteiger partial charge in [0.25, 0.3) is 0 Å². The second-order valence-corrected chi connectivity index (χ2v) is 6.89. The fraction of sp³-hybridized carbons (Fsp3) is 0.600. The Hall–Kier alpha value is -1.66. The number of rotatable bonds is 1. The van der Waals surface area contributed by atoms with Gasteiger partial charge in [0.2, 0.25) is 0 Å². The molecule has 0 radical (unpaired) electrons. The second kappa shape index (κ2) is 6.70. The molecule has 1 aromatic rings. The van der Waals surface area contributed by atoms with Gasteiger partial charge in [0.05, 0.1) is 28.4 Å². The van der Waals surface area contributed by atoms with Crippen molar-refractivity contribution >= 4 is 0 Å². The normalized spacial score (nSPS) is 15.7. The van der Waals surface area contributed by atoms with Crippen LogP contribution < -0.4 is 0 Å². The van der Waals surface area contributed by atoms with E-state index in [9.17, 15) is 57.8 Å². The van der Waals surface area contributed by atoms with Gasteiger partial charge in [-0.15, -0.1) is 0 Å². The Morgan fingerprint density at radius 1 is 0.607 bits per heavy atom. The molecule has 1 nitrogen and oxygen atoms in total. The fourth-order valence-corrected chi connectivity index (χ4v) is 2.47. The van der Waals surface area contributed by atoms with Crippen LogP contribution in [0, 0.1) is 5.41 Å². The first-order valence-electron chi connectivity index (χ1n) is 7.18. The standard InChI is InChI=1S/C15H12F12O/c1-11(2,3)10(28)7-8(14(22,23)24)5(12(16,17)18)4-6(13(19,20)21)9(7)15(25,26)27/h4,10,28H,1-3H3. The van der Waals surface area contributed by atoms with Crippen molar-refractivity contribution in [3.63, 3.8) is 0 Å². The molecule has 0 spiro atoms. The molecule has 0 fully saturated rings. The van der Waals surface area contributed by atoms with Crippen molar-refractivity contribution < 1.29 is 57.8 Å². The molecule has 1 atom stereocenters. The third-order valence-corrected chi connectivity index (χ3v) is 3.64. The molecule has 0 saturated carbocycles. The summed E-state index contributed by atoms with van der Waals surface area (Å²) in [5, 5.41) is 9.99. The topological polar surface area (TPSA) is 20.2 Å². The first kappa shape index (κ1) is 24.4. The summed E-state index contributed by atoms with van der Waals surface area (Å²) in [6.45, 7) is 2.56. The van der Waals surface area contributed by atoms with Crippen LogP contribution >= 0.6 is 0 Å². The van der Waals surface area contributed by atoms with E-state index < -0.39 is 70.1 Å².